The van der Waals surface area contributed by atoms with Gasteiger partial charge >= 0.3 is 5.69 Å². The van der Waals surface area contributed by atoms with Crippen LogP contribution in [0.4, 0.5) is 17.5 Å². The summed E-state index contributed by atoms with van der Waals surface area (Å²) in [5.41, 5.74) is 2.14. The first-order valence-electron chi connectivity index (χ1n) is 6.36. The first kappa shape index (κ1) is 14.7. The molecule has 0 saturated heterocycles. The van der Waals surface area contributed by atoms with Crippen LogP contribution >= 0.6 is 0 Å². The number of nitrogens with zero attached hydrogens (tertiary/aromatic N) is 5. The minimum absolute atomic E-state index is 0.115. The third kappa shape index (κ3) is 2.91. The van der Waals surface area contributed by atoms with E-state index in [9.17, 15) is 10.1 Å². The number of nitro groups is 1. The minimum atomic E-state index is -0.479. The van der Waals surface area contributed by atoms with E-state index >= 15 is 0 Å². The van der Waals surface area contributed by atoms with Crippen molar-refractivity contribution in [1.29, 1.82) is 0 Å². The molecule has 2 aromatic heterocycles. The normalized spacial score (nSPS) is 10.5. The molecule has 0 fully saturated rings. The average molecular weight is 291 g/mol. The minimum Gasteiger partial charge on any atom is -0.360 e. The molecule has 0 aliphatic carbocycles. The van der Waals surface area contributed by atoms with Gasteiger partial charge in [0, 0.05) is 31.9 Å². The monoisotopic (exact) mass is 291 g/mol. The Balaban J connectivity index is 2.32. The van der Waals surface area contributed by atoms with Crippen LogP contribution in [0.3, 0.4) is 0 Å². The summed E-state index contributed by atoms with van der Waals surface area (Å²) in [5.74, 6) is 0.531. The van der Waals surface area contributed by atoms with E-state index in [4.69, 9.17) is 0 Å². The maximum atomic E-state index is 11.2. The molecule has 0 aliphatic heterocycles. The van der Waals surface area contributed by atoms with Crippen molar-refractivity contribution in [3.05, 3.63) is 33.3 Å². The quantitative estimate of drug-likeness (QED) is 0.632. The van der Waals surface area contributed by atoms with Crippen molar-refractivity contribution in [3.8, 4) is 0 Å². The zero-order chi connectivity index (χ0) is 15.6. The molecular formula is C12H17N7O2. The van der Waals surface area contributed by atoms with Gasteiger partial charge in [-0.3, -0.25) is 14.8 Å². The van der Waals surface area contributed by atoms with Crippen LogP contribution in [-0.4, -0.2) is 31.7 Å². The summed E-state index contributed by atoms with van der Waals surface area (Å²) in [5, 5.41) is 21.1. The largest absolute Gasteiger partial charge is 0.360 e. The molecule has 2 aromatic rings. The van der Waals surface area contributed by atoms with E-state index in [1.54, 1.807) is 24.9 Å². The number of anilines is 2. The Kier molecular flexibility index (Phi) is 4.01. The van der Waals surface area contributed by atoms with Crippen molar-refractivity contribution >= 4 is 17.5 Å². The molecule has 0 saturated carbocycles. The second-order valence-electron chi connectivity index (χ2n) is 4.57. The molecule has 0 radical (unpaired) electrons. The van der Waals surface area contributed by atoms with Gasteiger partial charge in [0.15, 0.2) is 0 Å². The Labute approximate surface area is 121 Å². The Bertz CT molecular complexity index is 680. The molecule has 9 heteroatoms. The predicted octanol–water partition coefficient (Wildman–Crippen LogP) is 1.39. The maximum absolute atomic E-state index is 11.2. The van der Waals surface area contributed by atoms with Gasteiger partial charge in [-0.2, -0.15) is 10.1 Å². The Morgan fingerprint density at radius 1 is 1.38 bits per heavy atom. The summed E-state index contributed by atoms with van der Waals surface area (Å²) in [6, 6.07) is 0. The van der Waals surface area contributed by atoms with Gasteiger partial charge in [-0.25, -0.2) is 4.98 Å². The van der Waals surface area contributed by atoms with Crippen LogP contribution in [0.1, 0.15) is 17.0 Å². The molecular weight excluding hydrogens is 274 g/mol. The number of rotatable bonds is 5. The molecule has 21 heavy (non-hydrogen) atoms. The molecule has 2 heterocycles. The molecule has 2 N–H and O–H groups in total. The van der Waals surface area contributed by atoms with Crippen LogP contribution in [0, 0.1) is 24.0 Å². The van der Waals surface area contributed by atoms with Gasteiger partial charge in [-0.15, -0.1) is 0 Å². The lowest BCUT2D eigenvalue weighted by atomic mass is 10.2. The number of nitrogens with one attached hydrogen (secondary N) is 2. The third-order valence-electron chi connectivity index (χ3n) is 3.25. The Morgan fingerprint density at radius 3 is 2.62 bits per heavy atom. The lowest BCUT2D eigenvalue weighted by molar-refractivity contribution is -0.385. The summed E-state index contributed by atoms with van der Waals surface area (Å²) in [4.78, 5) is 18.8. The van der Waals surface area contributed by atoms with E-state index in [2.05, 4.69) is 25.7 Å². The highest BCUT2D eigenvalue weighted by atomic mass is 16.6. The van der Waals surface area contributed by atoms with Crippen molar-refractivity contribution in [2.45, 2.75) is 20.4 Å². The lowest BCUT2D eigenvalue weighted by Gasteiger charge is -2.09. The highest BCUT2D eigenvalue weighted by Crippen LogP contribution is 2.27. The summed E-state index contributed by atoms with van der Waals surface area (Å²) in [6.07, 6.45) is 1.72. The zero-order valence-electron chi connectivity index (χ0n) is 12.3. The fourth-order valence-electron chi connectivity index (χ4n) is 1.92. The second-order valence-corrected chi connectivity index (χ2v) is 4.57. The van der Waals surface area contributed by atoms with Crippen LogP contribution < -0.4 is 10.6 Å². The van der Waals surface area contributed by atoms with Crippen molar-refractivity contribution < 1.29 is 4.92 Å². The van der Waals surface area contributed by atoms with Crippen molar-refractivity contribution in [1.82, 2.24) is 19.7 Å². The third-order valence-corrected chi connectivity index (χ3v) is 3.25. The molecule has 0 aliphatic rings. The topological polar surface area (TPSA) is 111 Å². The number of hydrogen-bond acceptors (Lipinski definition) is 7. The summed E-state index contributed by atoms with van der Waals surface area (Å²) >= 11 is 0. The zero-order valence-corrected chi connectivity index (χ0v) is 12.3. The van der Waals surface area contributed by atoms with Gasteiger partial charge in [0.1, 0.15) is 5.69 Å². The summed E-state index contributed by atoms with van der Waals surface area (Å²) < 4.78 is 1.75. The molecule has 0 unspecified atom stereocenters. The van der Waals surface area contributed by atoms with Crippen LogP contribution in [0.15, 0.2) is 6.20 Å². The molecule has 0 bridgehead atoms. The van der Waals surface area contributed by atoms with E-state index in [0.717, 1.165) is 11.3 Å². The number of hydrogen-bond donors (Lipinski definition) is 2. The fourth-order valence-corrected chi connectivity index (χ4v) is 1.92. The predicted molar refractivity (Wildman–Crippen MR) is 78.2 cm³/mol. The van der Waals surface area contributed by atoms with Crippen LogP contribution in [0.2, 0.25) is 0 Å². The van der Waals surface area contributed by atoms with Crippen LogP contribution in [0.5, 0.6) is 0 Å². The van der Waals surface area contributed by atoms with Crippen molar-refractivity contribution in [2.24, 2.45) is 7.05 Å². The second kappa shape index (κ2) is 5.73. The maximum Gasteiger partial charge on any atom is 0.332 e. The standard InChI is InChI=1S/C12H17N7O2/c1-7-10(19(20)21)11(17-12(13-3)16-7)14-5-9-6-15-18(4)8(9)2/h6H,5H2,1-4H3,(H2,13,14,16,17). The molecule has 0 atom stereocenters. The van der Waals surface area contributed by atoms with Gasteiger partial charge in [-0.1, -0.05) is 0 Å². The number of aryl methyl sites for hydroxylation is 2. The van der Waals surface area contributed by atoms with Crippen molar-refractivity contribution in [2.75, 3.05) is 17.7 Å². The average Bonchev–Trinajstić information content (AvgIpc) is 2.75. The van der Waals surface area contributed by atoms with Crippen LogP contribution in [-0.2, 0) is 13.6 Å². The molecule has 9 nitrogen and oxygen atoms in total. The summed E-state index contributed by atoms with van der Waals surface area (Å²) in [6.45, 7) is 3.92. The summed E-state index contributed by atoms with van der Waals surface area (Å²) in [7, 11) is 3.50. The molecule has 112 valence electrons. The van der Waals surface area contributed by atoms with Gasteiger partial charge in [0.25, 0.3) is 0 Å². The highest BCUT2D eigenvalue weighted by Gasteiger charge is 2.22. The van der Waals surface area contributed by atoms with E-state index in [1.165, 1.54) is 0 Å². The Morgan fingerprint density at radius 2 is 2.10 bits per heavy atom. The first-order chi connectivity index (χ1) is 9.93. The fraction of sp³-hybridized carbons (Fsp3) is 0.417. The first-order valence-corrected chi connectivity index (χ1v) is 6.36. The van der Waals surface area contributed by atoms with Crippen molar-refractivity contribution in [3.63, 3.8) is 0 Å². The van der Waals surface area contributed by atoms with E-state index in [1.807, 2.05) is 14.0 Å². The van der Waals surface area contributed by atoms with Gasteiger partial charge in [-0.05, 0) is 13.8 Å². The van der Waals surface area contributed by atoms with Gasteiger partial charge in [0.05, 0.1) is 11.1 Å². The molecule has 0 amide bonds. The SMILES string of the molecule is CNc1nc(C)c([N+](=O)[O-])c(NCc2cnn(C)c2C)n1. The molecule has 2 rings (SSSR count). The van der Waals surface area contributed by atoms with E-state index in [0.29, 0.717) is 18.2 Å². The molecule has 0 spiro atoms. The lowest BCUT2D eigenvalue weighted by Crippen LogP contribution is -2.10. The molecule has 0 aromatic carbocycles. The van der Waals surface area contributed by atoms with E-state index in [-0.39, 0.29) is 11.5 Å². The smallest absolute Gasteiger partial charge is 0.332 e. The highest BCUT2D eigenvalue weighted by molar-refractivity contribution is 5.60. The van der Waals surface area contributed by atoms with Crippen LogP contribution in [0.25, 0.3) is 0 Å². The Hall–Kier alpha value is -2.71. The van der Waals surface area contributed by atoms with Gasteiger partial charge < -0.3 is 10.6 Å². The van der Waals surface area contributed by atoms with Gasteiger partial charge in [0.2, 0.25) is 11.8 Å². The number of aromatic nitrogens is 4. The van der Waals surface area contributed by atoms with E-state index < -0.39 is 4.92 Å².